The Morgan fingerprint density at radius 3 is 2.26 bits per heavy atom. The summed E-state index contributed by atoms with van der Waals surface area (Å²) in [4.78, 5) is 7.82. The molecule has 0 bridgehead atoms. The van der Waals surface area contributed by atoms with Crippen LogP contribution in [-0.2, 0) is 10.0 Å². The number of aromatic amines is 1. The molecule has 0 radical (unpaired) electrons. The summed E-state index contributed by atoms with van der Waals surface area (Å²) in [5.41, 5.74) is 4.02. The molecule has 1 heterocycles. The molecule has 6 nitrogen and oxygen atoms in total. The van der Waals surface area contributed by atoms with Gasteiger partial charge in [-0.2, -0.15) is 0 Å². The molecule has 1 aromatic heterocycles. The molecular formula is C24H23N3O3S. The summed E-state index contributed by atoms with van der Waals surface area (Å²) in [6.07, 6.45) is 0. The number of fused-ring (bicyclic) bond motifs is 1. The predicted octanol–water partition coefficient (Wildman–Crippen LogP) is 5.19. The van der Waals surface area contributed by atoms with Crippen molar-refractivity contribution in [2.45, 2.75) is 19.1 Å². The molecule has 0 saturated heterocycles. The van der Waals surface area contributed by atoms with Gasteiger partial charge in [0, 0.05) is 22.2 Å². The lowest BCUT2D eigenvalue weighted by atomic mass is 10.0. The van der Waals surface area contributed by atoms with E-state index in [2.05, 4.69) is 9.71 Å². The number of H-pyrrole nitrogens is 1. The number of aromatic nitrogens is 1. The van der Waals surface area contributed by atoms with Crippen LogP contribution in [0.25, 0.3) is 10.9 Å². The summed E-state index contributed by atoms with van der Waals surface area (Å²) in [5, 5.41) is 11.0. The Kier molecular flexibility index (Phi) is 5.52. The number of nitrogens with zero attached hydrogens (tertiary/aromatic N) is 1. The number of benzene rings is 3. The summed E-state index contributed by atoms with van der Waals surface area (Å²) >= 11 is 0. The summed E-state index contributed by atoms with van der Waals surface area (Å²) in [6, 6.07) is 24.1. The van der Waals surface area contributed by atoms with Crippen LogP contribution in [0.5, 0.6) is 5.88 Å². The minimum Gasteiger partial charge on any atom is -0.494 e. The summed E-state index contributed by atoms with van der Waals surface area (Å²) in [5.74, 6) is 0.0464. The van der Waals surface area contributed by atoms with E-state index < -0.39 is 15.3 Å². The highest BCUT2D eigenvalue weighted by Crippen LogP contribution is 2.31. The van der Waals surface area contributed by atoms with Crippen LogP contribution >= 0.6 is 0 Å². The number of anilines is 1. The maximum atomic E-state index is 12.1. The zero-order valence-corrected chi connectivity index (χ0v) is 18.0. The second kappa shape index (κ2) is 8.28. The van der Waals surface area contributed by atoms with Crippen LogP contribution in [0.15, 0.2) is 83.9 Å². The fourth-order valence-corrected chi connectivity index (χ4v) is 3.94. The Hall–Kier alpha value is -3.58. The van der Waals surface area contributed by atoms with Crippen LogP contribution in [0.4, 0.5) is 11.4 Å². The van der Waals surface area contributed by atoms with E-state index in [-0.39, 0.29) is 5.88 Å². The molecule has 31 heavy (non-hydrogen) atoms. The molecule has 158 valence electrons. The van der Waals surface area contributed by atoms with Gasteiger partial charge in [0.15, 0.2) is 5.88 Å². The van der Waals surface area contributed by atoms with E-state index in [4.69, 9.17) is 4.99 Å². The molecule has 0 atom stereocenters. The van der Waals surface area contributed by atoms with E-state index in [0.29, 0.717) is 22.6 Å². The molecule has 3 aromatic carbocycles. The Morgan fingerprint density at radius 1 is 0.935 bits per heavy atom. The minimum absolute atomic E-state index is 0.0464. The van der Waals surface area contributed by atoms with Crippen LogP contribution < -0.4 is 4.72 Å². The fourth-order valence-electron chi connectivity index (χ4n) is 3.24. The molecule has 0 spiro atoms. The van der Waals surface area contributed by atoms with Crippen LogP contribution in [0.1, 0.15) is 25.0 Å². The summed E-state index contributed by atoms with van der Waals surface area (Å²) in [7, 11) is -3.42. The lowest BCUT2D eigenvalue weighted by Crippen LogP contribution is -2.22. The molecule has 0 fully saturated rings. The van der Waals surface area contributed by atoms with Crippen molar-refractivity contribution < 1.29 is 13.5 Å². The molecule has 0 saturated carbocycles. The first-order chi connectivity index (χ1) is 14.8. The molecule has 4 aromatic rings. The van der Waals surface area contributed by atoms with Crippen molar-refractivity contribution >= 4 is 38.0 Å². The van der Waals surface area contributed by atoms with Crippen LogP contribution in [0.3, 0.4) is 0 Å². The number of nitrogens with one attached hydrogen (secondary N) is 2. The highest BCUT2D eigenvalue weighted by Gasteiger charge is 2.19. The third kappa shape index (κ3) is 4.32. The number of sulfonamides is 1. The van der Waals surface area contributed by atoms with Crippen molar-refractivity contribution in [2.75, 3.05) is 4.72 Å². The number of hydrogen-bond donors (Lipinski definition) is 3. The number of hydrogen-bond acceptors (Lipinski definition) is 4. The molecule has 7 heteroatoms. The quantitative estimate of drug-likeness (QED) is 0.365. The monoisotopic (exact) mass is 433 g/mol. The van der Waals surface area contributed by atoms with Crippen molar-refractivity contribution in [1.82, 2.24) is 4.98 Å². The molecule has 0 unspecified atom stereocenters. The van der Waals surface area contributed by atoms with E-state index in [1.54, 1.807) is 38.1 Å². The molecule has 0 aliphatic heterocycles. The van der Waals surface area contributed by atoms with Crippen molar-refractivity contribution in [3.05, 3.63) is 90.0 Å². The topological polar surface area (TPSA) is 94.6 Å². The largest absolute Gasteiger partial charge is 0.494 e. The average Bonchev–Trinajstić information content (AvgIpc) is 3.09. The highest BCUT2D eigenvalue weighted by molar-refractivity contribution is 7.93. The highest BCUT2D eigenvalue weighted by atomic mass is 32.2. The standard InChI is InChI=1S/C24H23N3O3S/c1-16(2)31(29,30)27-19-14-12-18(13-15-19)25-23(17-8-4-3-5-9-17)22-20-10-6-7-11-21(20)26-24(22)28/h3-16,26-28H,1-2H3. The third-order valence-electron chi connectivity index (χ3n) is 4.96. The smallest absolute Gasteiger partial charge is 0.235 e. The van der Waals surface area contributed by atoms with Crippen LogP contribution in [-0.4, -0.2) is 29.5 Å². The van der Waals surface area contributed by atoms with Gasteiger partial charge in [0.2, 0.25) is 10.0 Å². The Bertz CT molecular complexity index is 1340. The van der Waals surface area contributed by atoms with E-state index >= 15 is 0 Å². The van der Waals surface area contributed by atoms with Gasteiger partial charge in [-0.3, -0.25) is 4.72 Å². The van der Waals surface area contributed by atoms with E-state index in [9.17, 15) is 13.5 Å². The average molecular weight is 434 g/mol. The Labute approximate surface area is 181 Å². The van der Waals surface area contributed by atoms with Crippen molar-refractivity contribution in [3.63, 3.8) is 0 Å². The second-order valence-corrected chi connectivity index (χ2v) is 9.70. The van der Waals surface area contributed by atoms with Gasteiger partial charge in [0.05, 0.1) is 22.2 Å². The van der Waals surface area contributed by atoms with Crippen molar-refractivity contribution in [1.29, 1.82) is 0 Å². The van der Waals surface area contributed by atoms with Gasteiger partial charge >= 0.3 is 0 Å². The summed E-state index contributed by atoms with van der Waals surface area (Å²) in [6.45, 7) is 3.25. The lowest BCUT2D eigenvalue weighted by molar-refractivity contribution is 0.457. The second-order valence-electron chi connectivity index (χ2n) is 7.46. The van der Waals surface area contributed by atoms with E-state index in [0.717, 1.165) is 16.5 Å². The minimum atomic E-state index is -3.42. The van der Waals surface area contributed by atoms with Crippen molar-refractivity contribution in [3.8, 4) is 5.88 Å². The normalized spacial score (nSPS) is 12.4. The first kappa shape index (κ1) is 20.7. The van der Waals surface area contributed by atoms with E-state index in [1.807, 2.05) is 54.6 Å². The molecule has 0 aliphatic rings. The first-order valence-corrected chi connectivity index (χ1v) is 11.5. The zero-order valence-electron chi connectivity index (χ0n) is 17.2. The van der Waals surface area contributed by atoms with Gasteiger partial charge in [-0.05, 0) is 44.2 Å². The zero-order chi connectivity index (χ0) is 22.0. The number of para-hydroxylation sites is 1. The molecule has 3 N–H and O–H groups in total. The maximum Gasteiger partial charge on any atom is 0.235 e. The number of aromatic hydroxyl groups is 1. The predicted molar refractivity (Wildman–Crippen MR) is 126 cm³/mol. The molecule has 4 rings (SSSR count). The van der Waals surface area contributed by atoms with Crippen LogP contribution in [0.2, 0.25) is 0 Å². The van der Waals surface area contributed by atoms with Crippen molar-refractivity contribution in [2.24, 2.45) is 4.99 Å². The number of rotatable bonds is 6. The van der Waals surface area contributed by atoms with Gasteiger partial charge in [-0.15, -0.1) is 0 Å². The van der Waals surface area contributed by atoms with Gasteiger partial charge < -0.3 is 10.1 Å². The van der Waals surface area contributed by atoms with E-state index in [1.165, 1.54) is 0 Å². The first-order valence-electron chi connectivity index (χ1n) is 9.91. The molecule has 0 amide bonds. The van der Waals surface area contributed by atoms with Crippen LogP contribution in [0, 0.1) is 0 Å². The fraction of sp³-hybridized carbons (Fsp3) is 0.125. The van der Waals surface area contributed by atoms with Gasteiger partial charge in [-0.25, -0.2) is 13.4 Å². The SMILES string of the molecule is CC(C)S(=O)(=O)Nc1ccc(N=C(c2ccccc2)c2c(O)[nH]c3ccccc23)cc1. The molecule has 0 aliphatic carbocycles. The third-order valence-corrected chi connectivity index (χ3v) is 6.72. The Balaban J connectivity index is 1.79. The lowest BCUT2D eigenvalue weighted by Gasteiger charge is -2.11. The maximum absolute atomic E-state index is 12.1. The molecular weight excluding hydrogens is 410 g/mol. The summed E-state index contributed by atoms with van der Waals surface area (Å²) < 4.78 is 26.8. The Morgan fingerprint density at radius 2 is 1.58 bits per heavy atom. The van der Waals surface area contributed by atoms with Gasteiger partial charge in [0.1, 0.15) is 0 Å². The number of aliphatic imine (C=N–C) groups is 1. The van der Waals surface area contributed by atoms with Gasteiger partial charge in [-0.1, -0.05) is 48.5 Å². The van der Waals surface area contributed by atoms with Gasteiger partial charge in [0.25, 0.3) is 0 Å².